The Morgan fingerprint density at radius 1 is 1.17 bits per heavy atom. The quantitative estimate of drug-likeness (QED) is 0.247. The molecule has 0 aliphatic rings. The Hall–Kier alpha value is -4.87. The molecule has 3 heterocycles. The predicted molar refractivity (Wildman–Crippen MR) is 127 cm³/mol. The number of nitro benzene ring substituents is 1. The molecule has 3 aromatic heterocycles. The van der Waals surface area contributed by atoms with Crippen molar-refractivity contribution in [3.63, 3.8) is 0 Å². The van der Waals surface area contributed by atoms with Crippen molar-refractivity contribution in [2.75, 3.05) is 5.32 Å². The van der Waals surface area contributed by atoms with Gasteiger partial charge in [0.15, 0.2) is 11.5 Å². The van der Waals surface area contributed by atoms with Gasteiger partial charge in [-0.25, -0.2) is 0 Å². The number of anilines is 1. The highest BCUT2D eigenvalue weighted by Crippen LogP contribution is 2.24. The number of nitrogens with one attached hydrogen (secondary N) is 2. The Bertz CT molecular complexity index is 1390. The Labute approximate surface area is 205 Å². The topological polar surface area (TPSA) is 155 Å². The van der Waals surface area contributed by atoms with Gasteiger partial charge in [-0.2, -0.15) is 5.10 Å². The number of aryl methyl sites for hydroxylation is 2. The average molecular weight is 493 g/mol. The molecule has 36 heavy (non-hydrogen) atoms. The van der Waals surface area contributed by atoms with Crippen molar-refractivity contribution in [1.29, 1.82) is 0 Å². The second kappa shape index (κ2) is 10.6. The fraction of sp³-hybridized carbons (Fsp3) is 0.208. The van der Waals surface area contributed by atoms with E-state index in [2.05, 4.69) is 15.7 Å². The number of aromatic nitrogens is 2. The number of amides is 2. The maximum Gasteiger partial charge on any atom is 0.291 e. The monoisotopic (exact) mass is 493 g/mol. The van der Waals surface area contributed by atoms with Gasteiger partial charge in [-0.1, -0.05) is 0 Å². The van der Waals surface area contributed by atoms with Crippen molar-refractivity contribution in [2.24, 2.45) is 0 Å². The second-order valence-electron chi connectivity index (χ2n) is 7.72. The molecule has 2 N–H and O–H groups in total. The molecule has 1 aromatic carbocycles. The fourth-order valence-electron chi connectivity index (χ4n) is 3.35. The molecule has 0 aliphatic carbocycles. The first kappa shape index (κ1) is 24.3. The molecular weight excluding hydrogens is 470 g/mol. The van der Waals surface area contributed by atoms with Crippen LogP contribution in [0.4, 0.5) is 11.4 Å². The van der Waals surface area contributed by atoms with E-state index in [0.29, 0.717) is 29.4 Å². The Morgan fingerprint density at radius 3 is 2.69 bits per heavy atom. The van der Waals surface area contributed by atoms with Crippen molar-refractivity contribution in [2.45, 2.75) is 33.5 Å². The highest BCUT2D eigenvalue weighted by molar-refractivity contribution is 6.07. The molecule has 12 nitrogen and oxygen atoms in total. The summed E-state index contributed by atoms with van der Waals surface area (Å²) in [7, 11) is 0. The second-order valence-corrected chi connectivity index (χ2v) is 7.72. The molecule has 0 spiro atoms. The first-order valence-corrected chi connectivity index (χ1v) is 11.0. The molecule has 0 aliphatic heterocycles. The van der Waals surface area contributed by atoms with Gasteiger partial charge in [0.25, 0.3) is 17.5 Å². The molecule has 0 unspecified atom stereocenters. The van der Waals surface area contributed by atoms with E-state index >= 15 is 0 Å². The van der Waals surface area contributed by atoms with Crippen LogP contribution >= 0.6 is 0 Å². The van der Waals surface area contributed by atoms with E-state index in [-0.39, 0.29) is 36.0 Å². The number of benzene rings is 1. The highest BCUT2D eigenvalue weighted by atomic mass is 16.6. The lowest BCUT2D eigenvalue weighted by Crippen LogP contribution is -2.25. The van der Waals surface area contributed by atoms with Crippen LogP contribution in [0.5, 0.6) is 5.75 Å². The minimum Gasteiger partial charge on any atom is -0.486 e. The first-order chi connectivity index (χ1) is 17.3. The number of hydrogen-bond acceptors (Lipinski definition) is 8. The lowest BCUT2D eigenvalue weighted by atomic mass is 10.2. The number of hydrogen-bond donors (Lipinski definition) is 2. The summed E-state index contributed by atoms with van der Waals surface area (Å²) in [5.74, 6) is 0.358. The molecule has 4 rings (SSSR count). The number of carbonyl (C=O) groups excluding carboxylic acids is 2. The number of nitro groups is 1. The van der Waals surface area contributed by atoms with Crippen LogP contribution in [0.1, 0.15) is 45.1 Å². The van der Waals surface area contributed by atoms with E-state index in [4.69, 9.17) is 13.6 Å². The van der Waals surface area contributed by atoms with Crippen LogP contribution < -0.4 is 15.4 Å². The van der Waals surface area contributed by atoms with Crippen molar-refractivity contribution in [1.82, 2.24) is 15.1 Å². The number of furan rings is 2. The van der Waals surface area contributed by atoms with Gasteiger partial charge in [0.2, 0.25) is 0 Å². The van der Waals surface area contributed by atoms with Crippen LogP contribution in [0.15, 0.2) is 63.8 Å². The van der Waals surface area contributed by atoms with E-state index in [1.807, 2.05) is 6.92 Å². The van der Waals surface area contributed by atoms with Gasteiger partial charge < -0.3 is 24.2 Å². The standard InChI is InChI=1S/C24H23N5O7/c1-3-28-13-19(22(27-28)24(31)25-12-17-5-4-10-34-17)26-23(30)21-9-7-18(36-21)14-35-16-6-8-20(29(32)33)15(2)11-16/h4-11,13H,3,12,14H2,1-2H3,(H,25,31)(H,26,30). The Balaban J connectivity index is 1.39. The molecule has 0 bridgehead atoms. The molecular formula is C24H23N5O7. The molecule has 0 atom stereocenters. The molecule has 0 radical (unpaired) electrons. The van der Waals surface area contributed by atoms with Gasteiger partial charge in [-0.15, -0.1) is 0 Å². The summed E-state index contributed by atoms with van der Waals surface area (Å²) in [6.07, 6.45) is 3.07. The summed E-state index contributed by atoms with van der Waals surface area (Å²) in [5, 5.41) is 20.5. The van der Waals surface area contributed by atoms with Gasteiger partial charge in [-0.05, 0) is 50.2 Å². The third kappa shape index (κ3) is 5.60. The minimum atomic E-state index is -0.567. The maximum atomic E-state index is 12.8. The van der Waals surface area contributed by atoms with Gasteiger partial charge in [0.05, 0.1) is 23.4 Å². The van der Waals surface area contributed by atoms with Crippen LogP contribution in [0.2, 0.25) is 0 Å². The van der Waals surface area contributed by atoms with Crippen LogP contribution in [0, 0.1) is 17.0 Å². The van der Waals surface area contributed by atoms with Crippen LogP contribution in [0.25, 0.3) is 0 Å². The predicted octanol–water partition coefficient (Wildman–Crippen LogP) is 4.07. The zero-order valence-electron chi connectivity index (χ0n) is 19.5. The van der Waals surface area contributed by atoms with Crippen molar-refractivity contribution in [3.8, 4) is 5.75 Å². The lowest BCUT2D eigenvalue weighted by molar-refractivity contribution is -0.385. The first-order valence-electron chi connectivity index (χ1n) is 11.0. The van der Waals surface area contributed by atoms with Crippen molar-refractivity contribution >= 4 is 23.2 Å². The zero-order chi connectivity index (χ0) is 25.7. The number of ether oxygens (including phenoxy) is 1. The molecule has 4 aromatic rings. The van der Waals surface area contributed by atoms with Gasteiger partial charge in [-0.3, -0.25) is 24.4 Å². The maximum absolute atomic E-state index is 12.8. The van der Waals surface area contributed by atoms with E-state index in [1.165, 1.54) is 29.1 Å². The van der Waals surface area contributed by atoms with Gasteiger partial charge >= 0.3 is 0 Å². The Kier molecular flexibility index (Phi) is 7.14. The summed E-state index contributed by atoms with van der Waals surface area (Å²) < 4.78 is 17.9. The SMILES string of the molecule is CCn1cc(NC(=O)c2ccc(COc3ccc([N+](=O)[O-])c(C)c3)o2)c(C(=O)NCc2ccco2)n1. The summed E-state index contributed by atoms with van der Waals surface area (Å²) >= 11 is 0. The summed E-state index contributed by atoms with van der Waals surface area (Å²) in [5.41, 5.74) is 0.753. The van der Waals surface area contributed by atoms with Crippen molar-refractivity contribution in [3.05, 3.63) is 93.6 Å². The van der Waals surface area contributed by atoms with E-state index in [9.17, 15) is 19.7 Å². The molecule has 12 heteroatoms. The summed E-state index contributed by atoms with van der Waals surface area (Å²) in [4.78, 5) is 35.9. The fourth-order valence-corrected chi connectivity index (χ4v) is 3.35. The summed E-state index contributed by atoms with van der Waals surface area (Å²) in [6.45, 7) is 4.16. The highest BCUT2D eigenvalue weighted by Gasteiger charge is 2.21. The third-order valence-electron chi connectivity index (χ3n) is 5.18. The summed E-state index contributed by atoms with van der Waals surface area (Å²) in [6, 6.07) is 10.9. The van der Waals surface area contributed by atoms with Gasteiger partial charge in [0.1, 0.15) is 23.9 Å². The van der Waals surface area contributed by atoms with E-state index in [0.717, 1.165) is 0 Å². The molecule has 186 valence electrons. The largest absolute Gasteiger partial charge is 0.486 e. The van der Waals surface area contributed by atoms with E-state index in [1.54, 1.807) is 37.4 Å². The van der Waals surface area contributed by atoms with Crippen LogP contribution in [-0.4, -0.2) is 26.5 Å². The molecule has 0 fully saturated rings. The average Bonchev–Trinajstić information content (AvgIpc) is 3.62. The number of carbonyl (C=O) groups is 2. The molecule has 0 saturated heterocycles. The normalized spacial score (nSPS) is 10.7. The Morgan fingerprint density at radius 2 is 2.00 bits per heavy atom. The number of nitrogens with zero attached hydrogens (tertiary/aromatic N) is 3. The van der Waals surface area contributed by atoms with Crippen LogP contribution in [0.3, 0.4) is 0 Å². The third-order valence-corrected chi connectivity index (χ3v) is 5.18. The smallest absolute Gasteiger partial charge is 0.291 e. The zero-order valence-corrected chi connectivity index (χ0v) is 19.5. The van der Waals surface area contributed by atoms with E-state index < -0.39 is 16.7 Å². The molecule has 2 amide bonds. The van der Waals surface area contributed by atoms with Gasteiger partial charge in [0, 0.05) is 24.4 Å². The number of rotatable bonds is 10. The van der Waals surface area contributed by atoms with Crippen molar-refractivity contribution < 1.29 is 28.1 Å². The van der Waals surface area contributed by atoms with Crippen LogP contribution in [-0.2, 0) is 19.7 Å². The minimum absolute atomic E-state index is 0.000261. The lowest BCUT2D eigenvalue weighted by Gasteiger charge is -2.06. The molecule has 0 saturated carbocycles.